The smallest absolute Gasteiger partial charge is 0.302 e. The molecule has 1 saturated heterocycles. The zero-order chi connectivity index (χ0) is 9.84. The van der Waals surface area contributed by atoms with Crippen LogP contribution >= 0.6 is 0 Å². The molecule has 0 aromatic heterocycles. The number of aliphatic hydroxyl groups is 1. The van der Waals surface area contributed by atoms with Crippen LogP contribution in [0.15, 0.2) is 0 Å². The van der Waals surface area contributed by atoms with E-state index in [2.05, 4.69) is 0 Å². The summed E-state index contributed by atoms with van der Waals surface area (Å²) in [6.45, 7) is 1.16. The normalized spacial score (nSPS) is 33.3. The van der Waals surface area contributed by atoms with E-state index in [1.807, 2.05) is 0 Å². The van der Waals surface area contributed by atoms with Crippen molar-refractivity contribution < 1.29 is 24.1 Å². The third-order valence-electron chi connectivity index (χ3n) is 1.93. The highest BCUT2D eigenvalue weighted by Gasteiger charge is 2.37. The van der Waals surface area contributed by atoms with Crippen LogP contribution in [-0.2, 0) is 19.0 Å². The second-order valence-corrected chi connectivity index (χ2v) is 2.91. The summed E-state index contributed by atoms with van der Waals surface area (Å²) in [5.41, 5.74) is 0. The Kier molecular flexibility index (Phi) is 3.65. The van der Waals surface area contributed by atoms with Crippen molar-refractivity contribution in [2.45, 2.75) is 31.8 Å². The van der Waals surface area contributed by atoms with Crippen molar-refractivity contribution in [3.05, 3.63) is 0 Å². The van der Waals surface area contributed by atoms with Gasteiger partial charge in [0.1, 0.15) is 12.2 Å². The van der Waals surface area contributed by atoms with Crippen molar-refractivity contribution in [3.63, 3.8) is 0 Å². The summed E-state index contributed by atoms with van der Waals surface area (Å²) in [4.78, 5) is 10.7. The lowest BCUT2D eigenvalue weighted by Crippen LogP contribution is -2.29. The van der Waals surface area contributed by atoms with Crippen molar-refractivity contribution >= 4 is 5.97 Å². The fourth-order valence-corrected chi connectivity index (χ4v) is 1.33. The molecule has 1 aliphatic heterocycles. The molecule has 0 unspecified atom stereocenters. The zero-order valence-electron chi connectivity index (χ0n) is 7.73. The van der Waals surface area contributed by atoms with E-state index in [0.29, 0.717) is 6.42 Å². The van der Waals surface area contributed by atoms with E-state index >= 15 is 0 Å². The second kappa shape index (κ2) is 4.55. The molecule has 1 aliphatic rings. The summed E-state index contributed by atoms with van der Waals surface area (Å²) in [6.07, 6.45) is -0.774. The van der Waals surface area contributed by atoms with Crippen LogP contribution < -0.4 is 0 Å². The molecule has 1 rings (SSSR count). The number of esters is 1. The van der Waals surface area contributed by atoms with Crippen LogP contribution in [0.2, 0.25) is 0 Å². The summed E-state index contributed by atoms with van der Waals surface area (Å²) in [7, 11) is 1.51. The molecule has 3 atom stereocenters. The van der Waals surface area contributed by atoms with Gasteiger partial charge in [-0.2, -0.15) is 0 Å². The SMILES string of the molecule is CO[C@@H]1C[C@H](OC(C)=O)[C@@H](CO)O1. The average molecular weight is 190 g/mol. The lowest BCUT2D eigenvalue weighted by atomic mass is 10.2. The molecule has 0 spiro atoms. The van der Waals surface area contributed by atoms with Gasteiger partial charge >= 0.3 is 5.97 Å². The lowest BCUT2D eigenvalue weighted by molar-refractivity contribution is -0.153. The first-order valence-corrected chi connectivity index (χ1v) is 4.13. The van der Waals surface area contributed by atoms with Crippen LogP contribution in [0.1, 0.15) is 13.3 Å². The first-order valence-electron chi connectivity index (χ1n) is 4.13. The summed E-state index contributed by atoms with van der Waals surface area (Å²) in [5.74, 6) is -0.371. The Morgan fingerprint density at radius 2 is 2.38 bits per heavy atom. The van der Waals surface area contributed by atoms with Gasteiger partial charge in [-0.15, -0.1) is 0 Å². The van der Waals surface area contributed by atoms with Crippen LogP contribution in [0.5, 0.6) is 0 Å². The van der Waals surface area contributed by atoms with Crippen LogP contribution in [0, 0.1) is 0 Å². The largest absolute Gasteiger partial charge is 0.459 e. The molecule has 0 saturated carbocycles. The van der Waals surface area contributed by atoms with Gasteiger partial charge in [0, 0.05) is 20.5 Å². The number of carbonyl (C=O) groups is 1. The fourth-order valence-electron chi connectivity index (χ4n) is 1.33. The van der Waals surface area contributed by atoms with E-state index in [-0.39, 0.29) is 18.9 Å². The van der Waals surface area contributed by atoms with Gasteiger partial charge in [-0.05, 0) is 0 Å². The molecule has 0 radical (unpaired) electrons. The molecule has 1 heterocycles. The van der Waals surface area contributed by atoms with Crippen molar-refractivity contribution in [2.24, 2.45) is 0 Å². The lowest BCUT2D eigenvalue weighted by Gasteiger charge is -2.14. The Balaban J connectivity index is 2.47. The van der Waals surface area contributed by atoms with Crippen LogP contribution in [-0.4, -0.2) is 43.3 Å². The maximum atomic E-state index is 10.7. The fraction of sp³-hybridized carbons (Fsp3) is 0.875. The highest BCUT2D eigenvalue weighted by molar-refractivity contribution is 5.66. The first kappa shape index (κ1) is 10.4. The van der Waals surface area contributed by atoms with E-state index in [4.69, 9.17) is 19.3 Å². The third kappa shape index (κ3) is 2.65. The van der Waals surface area contributed by atoms with Crippen molar-refractivity contribution in [1.82, 2.24) is 0 Å². The molecule has 0 aromatic carbocycles. The Hall–Kier alpha value is -0.650. The van der Waals surface area contributed by atoms with Crippen molar-refractivity contribution in [2.75, 3.05) is 13.7 Å². The maximum Gasteiger partial charge on any atom is 0.302 e. The number of ether oxygens (including phenoxy) is 3. The van der Waals surface area contributed by atoms with Crippen LogP contribution in [0.4, 0.5) is 0 Å². The maximum absolute atomic E-state index is 10.7. The van der Waals surface area contributed by atoms with E-state index in [1.165, 1.54) is 14.0 Å². The van der Waals surface area contributed by atoms with E-state index in [1.54, 1.807) is 0 Å². The average Bonchev–Trinajstić information content (AvgIpc) is 2.46. The summed E-state index contributed by atoms with van der Waals surface area (Å²) >= 11 is 0. The van der Waals surface area contributed by atoms with Crippen LogP contribution in [0.3, 0.4) is 0 Å². The predicted molar refractivity (Wildman–Crippen MR) is 42.9 cm³/mol. The number of aliphatic hydroxyl groups excluding tert-OH is 1. The predicted octanol–water partition coefficient (Wildman–Crippen LogP) is -0.328. The summed E-state index contributed by atoms with van der Waals surface area (Å²) < 4.78 is 15.1. The molecule has 0 bridgehead atoms. The highest BCUT2D eigenvalue weighted by Crippen LogP contribution is 2.23. The second-order valence-electron chi connectivity index (χ2n) is 2.91. The molecule has 0 amide bonds. The van der Waals surface area contributed by atoms with Gasteiger partial charge in [0.2, 0.25) is 0 Å². The minimum absolute atomic E-state index is 0.169. The molecule has 76 valence electrons. The van der Waals surface area contributed by atoms with Gasteiger partial charge in [0.05, 0.1) is 6.61 Å². The Morgan fingerprint density at radius 3 is 2.85 bits per heavy atom. The molecular weight excluding hydrogens is 176 g/mol. The molecular formula is C8H14O5. The Labute approximate surface area is 76.6 Å². The molecule has 0 aliphatic carbocycles. The molecule has 1 N–H and O–H groups in total. The van der Waals surface area contributed by atoms with E-state index < -0.39 is 12.2 Å². The first-order chi connectivity index (χ1) is 6.17. The summed E-state index contributed by atoms with van der Waals surface area (Å²) in [6, 6.07) is 0. The highest BCUT2D eigenvalue weighted by atomic mass is 16.7. The number of hydrogen-bond acceptors (Lipinski definition) is 5. The van der Waals surface area contributed by atoms with Gasteiger partial charge < -0.3 is 19.3 Å². The topological polar surface area (TPSA) is 65.0 Å². The van der Waals surface area contributed by atoms with Crippen molar-refractivity contribution in [3.8, 4) is 0 Å². The van der Waals surface area contributed by atoms with Gasteiger partial charge in [-0.1, -0.05) is 0 Å². The number of hydrogen-bond donors (Lipinski definition) is 1. The monoisotopic (exact) mass is 190 g/mol. The van der Waals surface area contributed by atoms with E-state index in [9.17, 15) is 4.79 Å². The minimum Gasteiger partial charge on any atom is -0.459 e. The molecule has 0 aromatic rings. The Bertz CT molecular complexity index is 181. The molecule has 5 heteroatoms. The number of rotatable bonds is 3. The van der Waals surface area contributed by atoms with Gasteiger partial charge in [-0.3, -0.25) is 4.79 Å². The Morgan fingerprint density at radius 1 is 1.69 bits per heavy atom. The van der Waals surface area contributed by atoms with Crippen LogP contribution in [0.25, 0.3) is 0 Å². The quantitative estimate of drug-likeness (QED) is 0.617. The third-order valence-corrected chi connectivity index (χ3v) is 1.93. The van der Waals surface area contributed by atoms with Gasteiger partial charge in [0.25, 0.3) is 0 Å². The number of carbonyl (C=O) groups excluding carboxylic acids is 1. The number of methoxy groups -OCH3 is 1. The molecule has 13 heavy (non-hydrogen) atoms. The zero-order valence-corrected chi connectivity index (χ0v) is 7.73. The summed E-state index contributed by atoms with van der Waals surface area (Å²) in [5, 5.41) is 8.89. The molecule has 1 fully saturated rings. The van der Waals surface area contributed by atoms with Crippen molar-refractivity contribution in [1.29, 1.82) is 0 Å². The molecule has 5 nitrogen and oxygen atoms in total. The minimum atomic E-state index is -0.464. The van der Waals surface area contributed by atoms with Gasteiger partial charge in [-0.25, -0.2) is 0 Å². The standard InChI is InChI=1S/C8H14O5/c1-5(10)12-6-3-8(11-2)13-7(6)4-9/h6-9H,3-4H2,1-2H3/t6-,7+,8-/m0/s1. The van der Waals surface area contributed by atoms with E-state index in [0.717, 1.165) is 0 Å². The van der Waals surface area contributed by atoms with Gasteiger partial charge in [0.15, 0.2) is 6.29 Å².